The second-order valence-electron chi connectivity index (χ2n) is 4.72. The third-order valence-corrected chi connectivity index (χ3v) is 2.88. The molecule has 0 radical (unpaired) electrons. The highest BCUT2D eigenvalue weighted by atomic mass is 19.4. The van der Waals surface area contributed by atoms with E-state index < -0.39 is 12.8 Å². The SMILES string of the molecule is CCc1cc(C(=O)NCc2ccc(OCC(F)(F)F)nc2)n[nH]1. The van der Waals surface area contributed by atoms with E-state index in [1.807, 2.05) is 6.92 Å². The van der Waals surface area contributed by atoms with Gasteiger partial charge in [-0.2, -0.15) is 18.3 Å². The van der Waals surface area contributed by atoms with Crippen LogP contribution in [0.3, 0.4) is 0 Å². The van der Waals surface area contributed by atoms with Crippen LogP contribution in [0.5, 0.6) is 5.88 Å². The van der Waals surface area contributed by atoms with Crippen LogP contribution in [-0.4, -0.2) is 33.9 Å². The molecule has 2 heterocycles. The van der Waals surface area contributed by atoms with Gasteiger partial charge in [-0.25, -0.2) is 4.98 Å². The van der Waals surface area contributed by atoms with Gasteiger partial charge in [0.2, 0.25) is 5.88 Å². The summed E-state index contributed by atoms with van der Waals surface area (Å²) in [6, 6.07) is 4.50. The number of halogens is 3. The summed E-state index contributed by atoms with van der Waals surface area (Å²) in [7, 11) is 0. The molecule has 0 aliphatic rings. The molecule has 124 valence electrons. The lowest BCUT2D eigenvalue weighted by Crippen LogP contribution is -2.23. The van der Waals surface area contributed by atoms with Crippen molar-refractivity contribution in [2.75, 3.05) is 6.61 Å². The lowest BCUT2D eigenvalue weighted by molar-refractivity contribution is -0.154. The number of hydrogen-bond donors (Lipinski definition) is 2. The third kappa shape index (κ3) is 5.28. The molecule has 0 aromatic carbocycles. The van der Waals surface area contributed by atoms with E-state index in [0.717, 1.165) is 12.1 Å². The summed E-state index contributed by atoms with van der Waals surface area (Å²) in [5, 5.41) is 9.26. The Labute approximate surface area is 130 Å². The summed E-state index contributed by atoms with van der Waals surface area (Å²) >= 11 is 0. The monoisotopic (exact) mass is 328 g/mol. The first-order valence-electron chi connectivity index (χ1n) is 6.84. The molecule has 2 aromatic rings. The van der Waals surface area contributed by atoms with Gasteiger partial charge in [-0.05, 0) is 18.1 Å². The van der Waals surface area contributed by atoms with E-state index in [2.05, 4.69) is 25.2 Å². The second kappa shape index (κ2) is 7.12. The molecule has 2 aromatic heterocycles. The molecule has 0 fully saturated rings. The number of carbonyl (C=O) groups is 1. The number of aryl methyl sites for hydroxylation is 1. The number of alkyl halides is 3. The topological polar surface area (TPSA) is 79.9 Å². The van der Waals surface area contributed by atoms with Crippen LogP contribution in [0.4, 0.5) is 13.2 Å². The molecule has 0 unspecified atom stereocenters. The Bertz CT molecular complexity index is 653. The van der Waals surface area contributed by atoms with Gasteiger partial charge in [-0.15, -0.1) is 0 Å². The molecule has 0 bridgehead atoms. The number of aromatic nitrogens is 3. The van der Waals surface area contributed by atoms with Crippen molar-refractivity contribution >= 4 is 5.91 Å². The van der Waals surface area contributed by atoms with Crippen LogP contribution in [0.25, 0.3) is 0 Å². The van der Waals surface area contributed by atoms with Crippen molar-refractivity contribution in [2.24, 2.45) is 0 Å². The largest absolute Gasteiger partial charge is 0.468 e. The van der Waals surface area contributed by atoms with E-state index in [1.165, 1.54) is 18.3 Å². The maximum absolute atomic E-state index is 12.0. The van der Waals surface area contributed by atoms with Gasteiger partial charge in [-0.1, -0.05) is 13.0 Å². The average molecular weight is 328 g/mol. The number of rotatable bonds is 6. The quantitative estimate of drug-likeness (QED) is 0.852. The molecule has 23 heavy (non-hydrogen) atoms. The van der Waals surface area contributed by atoms with Crippen molar-refractivity contribution in [3.8, 4) is 5.88 Å². The number of nitrogens with zero attached hydrogens (tertiary/aromatic N) is 2. The summed E-state index contributed by atoms with van der Waals surface area (Å²) in [6.45, 7) is 0.720. The molecular formula is C14H15F3N4O2. The Kier molecular flexibility index (Phi) is 5.20. The van der Waals surface area contributed by atoms with Gasteiger partial charge in [0.1, 0.15) is 5.69 Å². The molecule has 0 aliphatic carbocycles. The van der Waals surface area contributed by atoms with Crippen molar-refractivity contribution in [2.45, 2.75) is 26.1 Å². The van der Waals surface area contributed by atoms with Crippen LogP contribution < -0.4 is 10.1 Å². The van der Waals surface area contributed by atoms with Crippen LogP contribution in [-0.2, 0) is 13.0 Å². The van der Waals surface area contributed by atoms with E-state index in [0.29, 0.717) is 5.56 Å². The third-order valence-electron chi connectivity index (χ3n) is 2.88. The zero-order chi connectivity index (χ0) is 16.9. The minimum Gasteiger partial charge on any atom is -0.468 e. The van der Waals surface area contributed by atoms with Gasteiger partial charge < -0.3 is 10.1 Å². The Balaban J connectivity index is 1.85. The molecule has 9 heteroatoms. The first-order chi connectivity index (χ1) is 10.9. The van der Waals surface area contributed by atoms with Gasteiger partial charge >= 0.3 is 6.18 Å². The Morgan fingerprint density at radius 2 is 2.17 bits per heavy atom. The van der Waals surface area contributed by atoms with Gasteiger partial charge in [0.25, 0.3) is 5.91 Å². The van der Waals surface area contributed by atoms with E-state index in [4.69, 9.17) is 0 Å². The minimum atomic E-state index is -4.41. The lowest BCUT2D eigenvalue weighted by atomic mass is 10.2. The first-order valence-corrected chi connectivity index (χ1v) is 6.84. The summed E-state index contributed by atoms with van der Waals surface area (Å²) < 4.78 is 40.5. The summed E-state index contributed by atoms with van der Waals surface area (Å²) in [5.41, 5.74) is 1.76. The predicted molar refractivity (Wildman–Crippen MR) is 74.9 cm³/mol. The second-order valence-corrected chi connectivity index (χ2v) is 4.72. The number of aromatic amines is 1. The van der Waals surface area contributed by atoms with E-state index in [9.17, 15) is 18.0 Å². The predicted octanol–water partition coefficient (Wildman–Crippen LogP) is 2.24. The van der Waals surface area contributed by atoms with Gasteiger partial charge in [0, 0.05) is 24.5 Å². The van der Waals surface area contributed by atoms with E-state index >= 15 is 0 Å². The zero-order valence-electron chi connectivity index (χ0n) is 12.3. The fourth-order valence-electron chi connectivity index (χ4n) is 1.69. The van der Waals surface area contributed by atoms with Crippen LogP contribution in [0, 0.1) is 0 Å². The zero-order valence-corrected chi connectivity index (χ0v) is 12.3. The number of ether oxygens (including phenoxy) is 1. The molecule has 2 rings (SSSR count). The van der Waals surface area contributed by atoms with E-state index in [1.54, 1.807) is 6.07 Å². The van der Waals surface area contributed by atoms with Crippen LogP contribution >= 0.6 is 0 Å². The highest BCUT2D eigenvalue weighted by Gasteiger charge is 2.28. The minimum absolute atomic E-state index is 0.128. The molecule has 2 N–H and O–H groups in total. The number of pyridine rings is 1. The van der Waals surface area contributed by atoms with Crippen molar-refractivity contribution in [3.63, 3.8) is 0 Å². The summed E-state index contributed by atoms with van der Waals surface area (Å²) in [4.78, 5) is 15.6. The number of carbonyl (C=O) groups excluding carboxylic acids is 1. The van der Waals surface area contributed by atoms with Crippen molar-refractivity contribution in [1.29, 1.82) is 0 Å². The smallest absolute Gasteiger partial charge is 0.422 e. The molecule has 0 aliphatic heterocycles. The van der Waals surface area contributed by atoms with Gasteiger partial charge in [0.05, 0.1) is 0 Å². The Morgan fingerprint density at radius 3 is 2.74 bits per heavy atom. The van der Waals surface area contributed by atoms with E-state index in [-0.39, 0.29) is 24.0 Å². The number of nitrogens with one attached hydrogen (secondary N) is 2. The summed E-state index contributed by atoms with van der Waals surface area (Å²) in [6.07, 6.45) is -2.33. The Hall–Kier alpha value is -2.58. The summed E-state index contributed by atoms with van der Waals surface area (Å²) in [5.74, 6) is -0.476. The van der Waals surface area contributed by atoms with Crippen molar-refractivity contribution < 1.29 is 22.7 Å². The first kappa shape index (κ1) is 16.8. The maximum Gasteiger partial charge on any atom is 0.422 e. The molecule has 0 spiro atoms. The van der Waals surface area contributed by atoms with Crippen molar-refractivity contribution in [3.05, 3.63) is 41.3 Å². The van der Waals surface area contributed by atoms with Crippen LogP contribution in [0.15, 0.2) is 24.4 Å². The van der Waals surface area contributed by atoms with Gasteiger partial charge in [-0.3, -0.25) is 9.89 Å². The average Bonchev–Trinajstić information content (AvgIpc) is 3.00. The molecule has 0 saturated carbocycles. The fraction of sp³-hybridized carbons (Fsp3) is 0.357. The fourth-order valence-corrected chi connectivity index (χ4v) is 1.69. The Morgan fingerprint density at radius 1 is 1.39 bits per heavy atom. The van der Waals surface area contributed by atoms with Crippen LogP contribution in [0.2, 0.25) is 0 Å². The molecular weight excluding hydrogens is 313 g/mol. The molecule has 0 saturated heterocycles. The maximum atomic E-state index is 12.0. The number of hydrogen-bond acceptors (Lipinski definition) is 4. The highest BCUT2D eigenvalue weighted by Crippen LogP contribution is 2.17. The number of H-pyrrole nitrogens is 1. The highest BCUT2D eigenvalue weighted by molar-refractivity contribution is 5.92. The molecule has 6 nitrogen and oxygen atoms in total. The van der Waals surface area contributed by atoms with Gasteiger partial charge in [0.15, 0.2) is 6.61 Å². The molecule has 0 atom stereocenters. The lowest BCUT2D eigenvalue weighted by Gasteiger charge is -2.08. The van der Waals surface area contributed by atoms with Crippen molar-refractivity contribution in [1.82, 2.24) is 20.5 Å². The standard InChI is InChI=1S/C14H15F3N4O2/c1-2-10-5-11(21-20-10)13(22)19-7-9-3-4-12(18-6-9)23-8-14(15,16)17/h3-6H,2,7-8H2,1H3,(H,19,22)(H,20,21). The molecule has 1 amide bonds. The number of amides is 1. The normalized spacial score (nSPS) is 11.3. The van der Waals surface area contributed by atoms with Crippen LogP contribution in [0.1, 0.15) is 28.7 Å².